The van der Waals surface area contributed by atoms with Gasteiger partial charge in [0.1, 0.15) is 0 Å². The minimum Gasteiger partial charge on any atom is -0.355 e. The van der Waals surface area contributed by atoms with Gasteiger partial charge in [0.25, 0.3) is 0 Å². The van der Waals surface area contributed by atoms with Crippen molar-refractivity contribution in [2.24, 2.45) is 0 Å². The molecule has 90 valence electrons. The van der Waals surface area contributed by atoms with Gasteiger partial charge < -0.3 is 9.88 Å². The van der Waals surface area contributed by atoms with Crippen LogP contribution < -0.4 is 5.32 Å². The number of rotatable bonds is 5. The second-order valence-corrected chi connectivity index (χ2v) is 4.03. The number of hydrogen-bond acceptors (Lipinski definition) is 3. The first-order valence-corrected chi connectivity index (χ1v) is 5.96. The van der Waals surface area contributed by atoms with E-state index in [1.807, 2.05) is 19.2 Å². The van der Waals surface area contributed by atoms with Gasteiger partial charge in [0, 0.05) is 31.7 Å². The first-order valence-electron chi connectivity index (χ1n) is 5.96. The molecule has 4 nitrogen and oxygen atoms in total. The summed E-state index contributed by atoms with van der Waals surface area (Å²) < 4.78 is 2.12. The molecule has 0 fully saturated rings. The third-order valence-electron chi connectivity index (χ3n) is 2.66. The molecule has 2 heterocycles. The third-order valence-corrected chi connectivity index (χ3v) is 2.66. The van der Waals surface area contributed by atoms with Crippen molar-refractivity contribution < 1.29 is 0 Å². The molecule has 0 aliphatic heterocycles. The average molecular weight is 230 g/mol. The zero-order valence-corrected chi connectivity index (χ0v) is 10.3. The lowest BCUT2D eigenvalue weighted by Gasteiger charge is -2.07. The molecular weight excluding hydrogens is 212 g/mol. The van der Waals surface area contributed by atoms with Crippen LogP contribution in [0.25, 0.3) is 0 Å². The van der Waals surface area contributed by atoms with Crippen LogP contribution in [0.4, 0.5) is 5.95 Å². The summed E-state index contributed by atoms with van der Waals surface area (Å²) in [5, 5.41) is 3.36. The molecule has 0 saturated heterocycles. The molecule has 0 saturated carbocycles. The van der Waals surface area contributed by atoms with Gasteiger partial charge in [-0.25, -0.2) is 4.98 Å². The third kappa shape index (κ3) is 3.06. The molecule has 0 bridgehead atoms. The number of imidazole rings is 1. The van der Waals surface area contributed by atoms with Gasteiger partial charge in [0.05, 0.1) is 5.69 Å². The minimum absolute atomic E-state index is 0.877. The smallest absolute Gasteiger partial charge is 0.203 e. The number of aromatic nitrogens is 3. The molecular formula is C13H18N4. The van der Waals surface area contributed by atoms with Gasteiger partial charge in [-0.3, -0.25) is 4.98 Å². The molecule has 2 rings (SSSR count). The zero-order chi connectivity index (χ0) is 12.1. The molecule has 0 amide bonds. The first-order chi connectivity index (χ1) is 8.29. The predicted octanol–water partition coefficient (Wildman–Crippen LogP) is 2.26. The van der Waals surface area contributed by atoms with Crippen molar-refractivity contribution in [2.75, 3.05) is 11.9 Å². The molecule has 0 aliphatic rings. The zero-order valence-electron chi connectivity index (χ0n) is 10.3. The normalized spacial score (nSPS) is 10.5. The molecule has 1 N–H and O–H groups in total. The van der Waals surface area contributed by atoms with Crippen molar-refractivity contribution in [3.05, 3.63) is 42.0 Å². The maximum absolute atomic E-state index is 4.45. The standard InChI is InChI=1S/C13H18N4/c1-3-17-10-11(2)16-13(17)15-8-6-12-5-4-7-14-9-12/h4-5,7,9-10H,3,6,8H2,1-2H3,(H,15,16). The van der Waals surface area contributed by atoms with Crippen LogP contribution in [0.1, 0.15) is 18.2 Å². The summed E-state index contributed by atoms with van der Waals surface area (Å²) in [5.74, 6) is 0.953. The van der Waals surface area contributed by atoms with Gasteiger partial charge >= 0.3 is 0 Å². The van der Waals surface area contributed by atoms with Gasteiger partial charge in [-0.05, 0) is 31.9 Å². The largest absolute Gasteiger partial charge is 0.355 e. The van der Waals surface area contributed by atoms with Crippen molar-refractivity contribution in [3.8, 4) is 0 Å². The van der Waals surface area contributed by atoms with E-state index in [0.717, 1.165) is 31.2 Å². The van der Waals surface area contributed by atoms with E-state index in [1.165, 1.54) is 5.56 Å². The van der Waals surface area contributed by atoms with E-state index in [2.05, 4.69) is 39.0 Å². The van der Waals surface area contributed by atoms with E-state index < -0.39 is 0 Å². The Morgan fingerprint density at radius 3 is 3.00 bits per heavy atom. The SMILES string of the molecule is CCn1cc(C)nc1NCCc1cccnc1. The lowest BCUT2D eigenvalue weighted by atomic mass is 10.2. The van der Waals surface area contributed by atoms with Crippen LogP contribution in [0.5, 0.6) is 0 Å². The summed E-state index contributed by atoms with van der Waals surface area (Å²) in [7, 11) is 0. The molecule has 0 aliphatic carbocycles. The number of anilines is 1. The number of nitrogens with one attached hydrogen (secondary N) is 1. The van der Waals surface area contributed by atoms with Crippen LogP contribution in [0.3, 0.4) is 0 Å². The Morgan fingerprint density at radius 2 is 2.29 bits per heavy atom. The number of hydrogen-bond donors (Lipinski definition) is 1. The fourth-order valence-corrected chi connectivity index (χ4v) is 1.79. The maximum Gasteiger partial charge on any atom is 0.203 e. The first kappa shape index (κ1) is 11.6. The van der Waals surface area contributed by atoms with Gasteiger partial charge in [-0.1, -0.05) is 6.07 Å². The van der Waals surface area contributed by atoms with E-state index in [4.69, 9.17) is 0 Å². The van der Waals surface area contributed by atoms with Gasteiger partial charge in [-0.2, -0.15) is 0 Å². The topological polar surface area (TPSA) is 42.7 Å². The van der Waals surface area contributed by atoms with Crippen molar-refractivity contribution in [3.63, 3.8) is 0 Å². The molecule has 0 unspecified atom stereocenters. The van der Waals surface area contributed by atoms with Gasteiger partial charge in [0.2, 0.25) is 5.95 Å². The average Bonchev–Trinajstić information content (AvgIpc) is 2.71. The van der Waals surface area contributed by atoms with Crippen LogP contribution in [-0.2, 0) is 13.0 Å². The van der Waals surface area contributed by atoms with E-state index in [1.54, 1.807) is 6.20 Å². The summed E-state index contributed by atoms with van der Waals surface area (Å²) in [6.45, 7) is 5.95. The molecule has 17 heavy (non-hydrogen) atoms. The number of nitrogens with zero attached hydrogens (tertiary/aromatic N) is 3. The highest BCUT2D eigenvalue weighted by Crippen LogP contribution is 2.08. The molecule has 4 heteroatoms. The molecule has 2 aromatic rings. The van der Waals surface area contributed by atoms with E-state index in [0.29, 0.717) is 0 Å². The fraction of sp³-hybridized carbons (Fsp3) is 0.385. The van der Waals surface area contributed by atoms with Crippen LogP contribution in [0, 0.1) is 6.92 Å². The number of pyridine rings is 1. The van der Waals surface area contributed by atoms with Gasteiger partial charge in [-0.15, -0.1) is 0 Å². The van der Waals surface area contributed by atoms with Crippen molar-refractivity contribution >= 4 is 5.95 Å². The second kappa shape index (κ2) is 5.48. The highest BCUT2D eigenvalue weighted by molar-refractivity contribution is 5.29. The molecule has 0 radical (unpaired) electrons. The lowest BCUT2D eigenvalue weighted by Crippen LogP contribution is -2.10. The summed E-state index contributed by atoms with van der Waals surface area (Å²) in [6.07, 6.45) is 6.72. The Kier molecular flexibility index (Phi) is 3.75. The summed E-state index contributed by atoms with van der Waals surface area (Å²) in [6, 6.07) is 4.05. The Bertz CT molecular complexity index is 462. The Balaban J connectivity index is 1.90. The van der Waals surface area contributed by atoms with Crippen LogP contribution in [0.15, 0.2) is 30.7 Å². The van der Waals surface area contributed by atoms with Crippen molar-refractivity contribution in [1.29, 1.82) is 0 Å². The van der Waals surface area contributed by atoms with Crippen LogP contribution >= 0.6 is 0 Å². The Morgan fingerprint density at radius 1 is 1.41 bits per heavy atom. The van der Waals surface area contributed by atoms with Crippen molar-refractivity contribution in [2.45, 2.75) is 26.8 Å². The lowest BCUT2D eigenvalue weighted by molar-refractivity contribution is 0.761. The maximum atomic E-state index is 4.45. The highest BCUT2D eigenvalue weighted by Gasteiger charge is 2.02. The molecule has 0 aromatic carbocycles. The second-order valence-electron chi connectivity index (χ2n) is 4.03. The quantitative estimate of drug-likeness (QED) is 0.856. The Labute approximate surface area is 102 Å². The molecule has 2 aromatic heterocycles. The summed E-state index contributed by atoms with van der Waals surface area (Å²) in [5.41, 5.74) is 2.29. The van der Waals surface area contributed by atoms with Gasteiger partial charge in [0.15, 0.2) is 0 Å². The Hall–Kier alpha value is -1.84. The minimum atomic E-state index is 0.877. The molecule has 0 atom stereocenters. The van der Waals surface area contributed by atoms with Crippen LogP contribution in [-0.4, -0.2) is 21.1 Å². The fourth-order valence-electron chi connectivity index (χ4n) is 1.79. The molecule has 0 spiro atoms. The van der Waals surface area contributed by atoms with Crippen molar-refractivity contribution in [1.82, 2.24) is 14.5 Å². The highest BCUT2D eigenvalue weighted by atomic mass is 15.2. The monoisotopic (exact) mass is 230 g/mol. The van der Waals surface area contributed by atoms with Crippen LogP contribution in [0.2, 0.25) is 0 Å². The van der Waals surface area contributed by atoms with E-state index in [-0.39, 0.29) is 0 Å². The predicted molar refractivity (Wildman–Crippen MR) is 69.1 cm³/mol. The summed E-state index contributed by atoms with van der Waals surface area (Å²) >= 11 is 0. The summed E-state index contributed by atoms with van der Waals surface area (Å²) in [4.78, 5) is 8.55. The van der Waals surface area contributed by atoms with E-state index >= 15 is 0 Å². The van der Waals surface area contributed by atoms with E-state index in [9.17, 15) is 0 Å². The number of aryl methyl sites for hydroxylation is 2.